The molecular weight excluding hydrogens is 366 g/mol. The molecule has 4 rings (SSSR count). The lowest BCUT2D eigenvalue weighted by Crippen LogP contribution is -2.51. The van der Waals surface area contributed by atoms with Crippen LogP contribution >= 0.6 is 0 Å². The number of H-pyrrole nitrogens is 1. The van der Waals surface area contributed by atoms with Crippen molar-refractivity contribution in [2.24, 2.45) is 5.92 Å². The normalized spacial score (nSPS) is 21.1. The molecule has 2 saturated heterocycles. The van der Waals surface area contributed by atoms with Gasteiger partial charge in [-0.05, 0) is 56.0 Å². The zero-order chi connectivity index (χ0) is 20.1. The van der Waals surface area contributed by atoms with E-state index in [9.17, 15) is 9.59 Å². The first-order chi connectivity index (χ1) is 14.2. The summed E-state index contributed by atoms with van der Waals surface area (Å²) in [6.07, 6.45) is 9.24. The Balaban J connectivity index is 1.25. The number of nitrogens with one attached hydrogen (secondary N) is 2. The van der Waals surface area contributed by atoms with E-state index in [2.05, 4.69) is 20.2 Å². The van der Waals surface area contributed by atoms with Crippen LogP contribution in [0.3, 0.4) is 0 Å². The summed E-state index contributed by atoms with van der Waals surface area (Å²) in [5, 5.41) is 3.07. The minimum absolute atomic E-state index is 0.0407. The fraction of sp³-hybridized carbons (Fsp3) is 0.500. The van der Waals surface area contributed by atoms with Crippen molar-refractivity contribution in [3.05, 3.63) is 54.1 Å². The molecule has 0 unspecified atom stereocenters. The lowest BCUT2D eigenvalue weighted by atomic mass is 9.93. The molecule has 0 bridgehead atoms. The maximum Gasteiger partial charge on any atom is 0.270 e. The minimum Gasteiger partial charge on any atom is -0.357 e. The lowest BCUT2D eigenvalue weighted by Gasteiger charge is -2.42. The predicted octanol–water partition coefficient (Wildman–Crippen LogP) is 2.04. The second kappa shape index (κ2) is 9.22. The molecule has 154 valence electrons. The van der Waals surface area contributed by atoms with Crippen molar-refractivity contribution in [1.82, 2.24) is 25.1 Å². The quantitative estimate of drug-likeness (QED) is 0.812. The Hall–Kier alpha value is -2.67. The van der Waals surface area contributed by atoms with Crippen LogP contribution in [-0.2, 0) is 11.3 Å². The van der Waals surface area contributed by atoms with Gasteiger partial charge in [-0.15, -0.1) is 0 Å². The molecule has 2 amide bonds. The average Bonchev–Trinajstić information content (AvgIpc) is 3.33. The summed E-state index contributed by atoms with van der Waals surface area (Å²) >= 11 is 0. The number of rotatable bonds is 5. The number of nitrogens with zero attached hydrogens (tertiary/aromatic N) is 3. The van der Waals surface area contributed by atoms with Gasteiger partial charge < -0.3 is 15.2 Å². The topological polar surface area (TPSA) is 81.3 Å². The summed E-state index contributed by atoms with van der Waals surface area (Å²) in [4.78, 5) is 36.7. The number of hydrogen-bond donors (Lipinski definition) is 2. The standard InChI is InChI=1S/C22H29N5O2/c28-21(25-15-17-4-1-9-23-14-17)18-5-3-11-27(16-18)19-7-12-26(13-8-19)22(29)20-6-2-10-24-20/h1-2,4,6,9-10,14,18-19,24H,3,5,7-8,11-13,15-16H2,(H,25,28)/t18-/m0/s1. The van der Waals surface area contributed by atoms with Gasteiger partial charge in [0, 0.05) is 50.8 Å². The highest BCUT2D eigenvalue weighted by molar-refractivity contribution is 5.92. The number of carbonyl (C=O) groups excluding carboxylic acids is 2. The summed E-state index contributed by atoms with van der Waals surface area (Å²) in [6.45, 7) is 3.94. The molecule has 0 radical (unpaired) electrons. The summed E-state index contributed by atoms with van der Waals surface area (Å²) < 4.78 is 0. The van der Waals surface area contributed by atoms with Crippen molar-refractivity contribution in [2.45, 2.75) is 38.3 Å². The first-order valence-electron chi connectivity index (χ1n) is 10.5. The van der Waals surface area contributed by atoms with Crippen LogP contribution in [0.15, 0.2) is 42.9 Å². The predicted molar refractivity (Wildman–Crippen MR) is 110 cm³/mol. The van der Waals surface area contributed by atoms with Gasteiger partial charge in [0.2, 0.25) is 5.91 Å². The van der Waals surface area contributed by atoms with Crippen molar-refractivity contribution >= 4 is 11.8 Å². The number of aromatic nitrogens is 2. The van der Waals surface area contributed by atoms with Crippen LogP contribution < -0.4 is 5.32 Å². The van der Waals surface area contributed by atoms with Gasteiger partial charge in [-0.3, -0.25) is 19.5 Å². The fourth-order valence-electron chi connectivity index (χ4n) is 4.46. The van der Waals surface area contributed by atoms with E-state index < -0.39 is 0 Å². The van der Waals surface area contributed by atoms with Crippen LogP contribution in [0, 0.1) is 5.92 Å². The van der Waals surface area contributed by atoms with Crippen LogP contribution in [0.1, 0.15) is 41.7 Å². The van der Waals surface area contributed by atoms with Crippen molar-refractivity contribution < 1.29 is 9.59 Å². The molecule has 7 nitrogen and oxygen atoms in total. The van der Waals surface area contributed by atoms with Crippen LogP contribution in [0.4, 0.5) is 0 Å². The van der Waals surface area contributed by atoms with E-state index in [1.165, 1.54) is 0 Å². The number of aromatic amines is 1. The first kappa shape index (κ1) is 19.6. The van der Waals surface area contributed by atoms with E-state index in [1.54, 1.807) is 18.6 Å². The Morgan fingerprint density at radius 3 is 2.72 bits per heavy atom. The van der Waals surface area contributed by atoms with E-state index in [-0.39, 0.29) is 17.7 Å². The van der Waals surface area contributed by atoms with Crippen molar-refractivity contribution in [3.63, 3.8) is 0 Å². The fourth-order valence-corrected chi connectivity index (χ4v) is 4.46. The van der Waals surface area contributed by atoms with E-state index in [4.69, 9.17) is 0 Å². The maximum atomic E-state index is 12.7. The van der Waals surface area contributed by atoms with Gasteiger partial charge >= 0.3 is 0 Å². The zero-order valence-corrected chi connectivity index (χ0v) is 16.7. The summed E-state index contributed by atoms with van der Waals surface area (Å²) in [5.74, 6) is 0.261. The number of pyridine rings is 1. The molecule has 0 aromatic carbocycles. The third kappa shape index (κ3) is 4.85. The molecule has 1 atom stereocenters. The third-order valence-electron chi connectivity index (χ3n) is 6.11. The van der Waals surface area contributed by atoms with Gasteiger partial charge in [0.1, 0.15) is 5.69 Å². The van der Waals surface area contributed by atoms with Crippen LogP contribution in [0.5, 0.6) is 0 Å². The molecule has 0 aliphatic carbocycles. The van der Waals surface area contributed by atoms with Crippen molar-refractivity contribution in [2.75, 3.05) is 26.2 Å². The number of carbonyl (C=O) groups is 2. The van der Waals surface area contributed by atoms with Crippen LogP contribution in [-0.4, -0.2) is 63.8 Å². The van der Waals surface area contributed by atoms with Crippen molar-refractivity contribution in [3.8, 4) is 0 Å². The molecule has 2 aliphatic heterocycles. The molecule has 7 heteroatoms. The molecule has 2 aromatic heterocycles. The number of amides is 2. The molecule has 4 heterocycles. The lowest BCUT2D eigenvalue weighted by molar-refractivity contribution is -0.127. The highest BCUT2D eigenvalue weighted by Gasteiger charge is 2.32. The Morgan fingerprint density at radius 2 is 2.00 bits per heavy atom. The molecular formula is C22H29N5O2. The highest BCUT2D eigenvalue weighted by atomic mass is 16.2. The smallest absolute Gasteiger partial charge is 0.270 e. The zero-order valence-electron chi connectivity index (χ0n) is 16.7. The van der Waals surface area contributed by atoms with Gasteiger partial charge in [0.05, 0.1) is 5.92 Å². The molecule has 2 fully saturated rings. The van der Waals surface area contributed by atoms with Gasteiger partial charge in [-0.2, -0.15) is 0 Å². The second-order valence-electron chi connectivity index (χ2n) is 8.02. The van der Waals surface area contributed by atoms with E-state index in [0.717, 1.165) is 57.4 Å². The van der Waals surface area contributed by atoms with Gasteiger partial charge in [0.25, 0.3) is 5.91 Å². The molecule has 2 aliphatic rings. The maximum absolute atomic E-state index is 12.7. The van der Waals surface area contributed by atoms with E-state index >= 15 is 0 Å². The molecule has 2 N–H and O–H groups in total. The monoisotopic (exact) mass is 395 g/mol. The van der Waals surface area contributed by atoms with Gasteiger partial charge in [-0.25, -0.2) is 0 Å². The van der Waals surface area contributed by atoms with E-state index in [1.807, 2.05) is 29.2 Å². The summed E-state index contributed by atoms with van der Waals surface area (Å²) in [6, 6.07) is 8.00. The molecule has 2 aromatic rings. The summed E-state index contributed by atoms with van der Waals surface area (Å²) in [5.41, 5.74) is 1.68. The molecule has 29 heavy (non-hydrogen) atoms. The summed E-state index contributed by atoms with van der Waals surface area (Å²) in [7, 11) is 0. The van der Waals surface area contributed by atoms with E-state index in [0.29, 0.717) is 18.3 Å². The Bertz CT molecular complexity index is 800. The Labute approximate surface area is 171 Å². The molecule has 0 spiro atoms. The number of hydrogen-bond acceptors (Lipinski definition) is 4. The Morgan fingerprint density at radius 1 is 1.14 bits per heavy atom. The number of piperidine rings is 2. The van der Waals surface area contributed by atoms with Gasteiger partial charge in [0.15, 0.2) is 0 Å². The first-order valence-corrected chi connectivity index (χ1v) is 10.5. The van der Waals surface area contributed by atoms with Gasteiger partial charge in [-0.1, -0.05) is 6.07 Å². The molecule has 0 saturated carbocycles. The average molecular weight is 396 g/mol. The van der Waals surface area contributed by atoms with Crippen LogP contribution in [0.25, 0.3) is 0 Å². The number of likely N-dealkylation sites (tertiary alicyclic amines) is 2. The third-order valence-corrected chi connectivity index (χ3v) is 6.11. The Kier molecular flexibility index (Phi) is 6.24. The van der Waals surface area contributed by atoms with Crippen molar-refractivity contribution in [1.29, 1.82) is 0 Å². The van der Waals surface area contributed by atoms with Crippen LogP contribution in [0.2, 0.25) is 0 Å². The SMILES string of the molecule is O=C(NCc1cccnc1)[C@H]1CCCN(C2CCN(C(=O)c3ccc[nH]3)CC2)C1. The minimum atomic E-state index is 0.0407. The largest absolute Gasteiger partial charge is 0.357 e. The second-order valence-corrected chi connectivity index (χ2v) is 8.02. The highest BCUT2D eigenvalue weighted by Crippen LogP contribution is 2.24.